The van der Waals surface area contributed by atoms with Crippen molar-refractivity contribution in [1.29, 1.82) is 0 Å². The van der Waals surface area contributed by atoms with Crippen molar-refractivity contribution in [2.75, 3.05) is 5.73 Å². The van der Waals surface area contributed by atoms with E-state index in [1.165, 1.54) is 18.1 Å². The zero-order valence-corrected chi connectivity index (χ0v) is 12.0. The quantitative estimate of drug-likeness (QED) is 0.573. The maximum Gasteiger partial charge on any atom is 0.196 e. The third-order valence-electron chi connectivity index (χ3n) is 2.39. The first-order valence-electron chi connectivity index (χ1n) is 5.40. The molecule has 2 aromatic heterocycles. The maximum atomic E-state index is 5.70. The molecule has 3 rings (SSSR count). The summed E-state index contributed by atoms with van der Waals surface area (Å²) in [6.45, 7) is 0. The van der Waals surface area contributed by atoms with E-state index in [1.54, 1.807) is 6.07 Å². The van der Waals surface area contributed by atoms with Gasteiger partial charge >= 0.3 is 0 Å². The molecule has 2 N–H and O–H groups in total. The van der Waals surface area contributed by atoms with Gasteiger partial charge in [-0.05, 0) is 33.8 Å². The van der Waals surface area contributed by atoms with Crippen LogP contribution in [0.5, 0.6) is 0 Å². The van der Waals surface area contributed by atoms with Crippen molar-refractivity contribution in [3.63, 3.8) is 0 Å². The van der Waals surface area contributed by atoms with Gasteiger partial charge in [-0.15, -0.1) is 0 Å². The third-order valence-corrected chi connectivity index (χ3v) is 3.68. The Bertz CT molecular complexity index is 724. The molecule has 0 atom stereocenters. The Hall–Kier alpha value is -1.73. The van der Waals surface area contributed by atoms with Gasteiger partial charge in [-0.3, -0.25) is 0 Å². The summed E-state index contributed by atoms with van der Waals surface area (Å²) >= 11 is 4.66. The number of nitrogens with two attached hydrogens (primary N) is 1. The van der Waals surface area contributed by atoms with Crippen LogP contribution in [0.15, 0.2) is 51.4 Å². The van der Waals surface area contributed by atoms with E-state index in [-0.39, 0.29) is 0 Å². The number of fused-ring (bicyclic) bond motifs is 1. The van der Waals surface area contributed by atoms with Crippen LogP contribution >= 0.6 is 27.7 Å². The molecule has 0 aliphatic heterocycles. The molecular weight excluding hydrogens is 326 g/mol. The molecular formula is C12H8BrN5S. The van der Waals surface area contributed by atoms with E-state index in [9.17, 15) is 0 Å². The van der Waals surface area contributed by atoms with Crippen molar-refractivity contribution in [2.24, 2.45) is 0 Å². The van der Waals surface area contributed by atoms with Crippen LogP contribution in [-0.2, 0) is 0 Å². The number of nitrogens with zero attached hydrogens (tertiary/aromatic N) is 4. The molecule has 2 heterocycles. The average Bonchev–Trinajstić information content (AvgIpc) is 2.38. The van der Waals surface area contributed by atoms with E-state index in [0.29, 0.717) is 15.6 Å². The monoisotopic (exact) mass is 333 g/mol. The zero-order chi connectivity index (χ0) is 13.2. The van der Waals surface area contributed by atoms with E-state index in [1.807, 2.05) is 24.3 Å². The first-order chi connectivity index (χ1) is 9.22. The van der Waals surface area contributed by atoms with E-state index in [4.69, 9.17) is 5.73 Å². The molecule has 0 spiro atoms. The molecule has 0 bridgehead atoms. The summed E-state index contributed by atoms with van der Waals surface area (Å²) in [7, 11) is 0. The SMILES string of the molecule is Nc1cc(Br)nc(Sc2ncnc3ccccc23)n1. The molecule has 0 radical (unpaired) electrons. The molecule has 94 valence electrons. The summed E-state index contributed by atoms with van der Waals surface area (Å²) < 4.78 is 0.654. The molecule has 0 saturated heterocycles. The summed E-state index contributed by atoms with van der Waals surface area (Å²) in [6, 6.07) is 9.46. The number of hydrogen-bond acceptors (Lipinski definition) is 6. The number of anilines is 1. The molecule has 0 aliphatic rings. The summed E-state index contributed by atoms with van der Waals surface area (Å²) in [4.78, 5) is 16.9. The molecule has 0 aliphatic carbocycles. The molecule has 0 unspecified atom stereocenters. The normalized spacial score (nSPS) is 10.8. The van der Waals surface area contributed by atoms with Gasteiger partial charge in [0.25, 0.3) is 0 Å². The van der Waals surface area contributed by atoms with Crippen molar-refractivity contribution < 1.29 is 0 Å². The predicted octanol–water partition coefficient (Wildman–Crippen LogP) is 2.92. The van der Waals surface area contributed by atoms with Crippen LogP contribution in [0.4, 0.5) is 5.82 Å². The molecule has 1 aromatic carbocycles. The van der Waals surface area contributed by atoms with E-state index in [0.717, 1.165) is 15.9 Å². The third kappa shape index (κ3) is 2.66. The van der Waals surface area contributed by atoms with Crippen LogP contribution in [0.2, 0.25) is 0 Å². The fourth-order valence-electron chi connectivity index (χ4n) is 1.61. The fourth-order valence-corrected chi connectivity index (χ4v) is 2.98. The number of benzene rings is 1. The zero-order valence-electron chi connectivity index (χ0n) is 9.62. The van der Waals surface area contributed by atoms with Crippen molar-refractivity contribution in [3.05, 3.63) is 41.3 Å². The number of rotatable bonds is 2. The van der Waals surface area contributed by atoms with Crippen LogP contribution in [-0.4, -0.2) is 19.9 Å². The predicted molar refractivity (Wildman–Crippen MR) is 77.8 cm³/mol. The Kier molecular flexibility index (Phi) is 3.31. The van der Waals surface area contributed by atoms with Crippen molar-refractivity contribution in [1.82, 2.24) is 19.9 Å². The Labute approximate surface area is 121 Å². The average molecular weight is 334 g/mol. The lowest BCUT2D eigenvalue weighted by molar-refractivity contribution is 0.951. The Morgan fingerprint density at radius 1 is 1.11 bits per heavy atom. The largest absolute Gasteiger partial charge is 0.384 e. The number of para-hydroxylation sites is 1. The maximum absolute atomic E-state index is 5.70. The minimum absolute atomic E-state index is 0.419. The highest BCUT2D eigenvalue weighted by Gasteiger charge is 2.08. The van der Waals surface area contributed by atoms with Crippen molar-refractivity contribution >= 4 is 44.4 Å². The van der Waals surface area contributed by atoms with E-state index >= 15 is 0 Å². The molecule has 0 saturated carbocycles. The summed E-state index contributed by atoms with van der Waals surface area (Å²) in [5, 5.41) is 2.33. The van der Waals surface area contributed by atoms with Crippen LogP contribution in [0.1, 0.15) is 0 Å². The fraction of sp³-hybridized carbons (Fsp3) is 0. The number of nitrogen functional groups attached to an aromatic ring is 1. The van der Waals surface area contributed by atoms with Gasteiger partial charge in [0.2, 0.25) is 0 Å². The molecule has 0 fully saturated rings. The summed E-state index contributed by atoms with van der Waals surface area (Å²) in [6.07, 6.45) is 1.53. The minimum Gasteiger partial charge on any atom is -0.384 e. The van der Waals surface area contributed by atoms with Gasteiger partial charge < -0.3 is 5.73 Å². The highest BCUT2D eigenvalue weighted by atomic mass is 79.9. The highest BCUT2D eigenvalue weighted by molar-refractivity contribution is 9.10. The Morgan fingerprint density at radius 2 is 1.95 bits per heavy atom. The lowest BCUT2D eigenvalue weighted by Crippen LogP contribution is -1.95. The van der Waals surface area contributed by atoms with Gasteiger partial charge in [-0.25, -0.2) is 19.9 Å². The number of aromatic nitrogens is 4. The van der Waals surface area contributed by atoms with Crippen LogP contribution in [0.3, 0.4) is 0 Å². The minimum atomic E-state index is 0.419. The smallest absolute Gasteiger partial charge is 0.196 e. The van der Waals surface area contributed by atoms with Gasteiger partial charge in [-0.1, -0.05) is 18.2 Å². The van der Waals surface area contributed by atoms with Gasteiger partial charge in [0.1, 0.15) is 21.8 Å². The summed E-state index contributed by atoms with van der Waals surface area (Å²) in [5.74, 6) is 0.419. The van der Waals surface area contributed by atoms with Crippen LogP contribution in [0, 0.1) is 0 Å². The Balaban J connectivity index is 2.05. The van der Waals surface area contributed by atoms with Crippen LogP contribution in [0.25, 0.3) is 10.9 Å². The van der Waals surface area contributed by atoms with Gasteiger partial charge in [0.15, 0.2) is 5.16 Å². The summed E-state index contributed by atoms with van der Waals surface area (Å²) in [5.41, 5.74) is 6.59. The highest BCUT2D eigenvalue weighted by Crippen LogP contribution is 2.29. The second kappa shape index (κ2) is 5.10. The second-order valence-electron chi connectivity index (χ2n) is 3.70. The van der Waals surface area contributed by atoms with Crippen LogP contribution < -0.4 is 5.73 Å². The molecule has 19 heavy (non-hydrogen) atoms. The van der Waals surface area contributed by atoms with Crippen molar-refractivity contribution in [2.45, 2.75) is 10.2 Å². The van der Waals surface area contributed by atoms with Gasteiger partial charge in [0.05, 0.1) is 5.52 Å². The number of halogens is 1. The first-order valence-corrected chi connectivity index (χ1v) is 7.01. The first kappa shape index (κ1) is 12.3. The molecule has 0 amide bonds. The number of hydrogen-bond donors (Lipinski definition) is 1. The molecule has 5 nitrogen and oxygen atoms in total. The van der Waals surface area contributed by atoms with E-state index in [2.05, 4.69) is 35.9 Å². The molecule has 7 heteroatoms. The van der Waals surface area contributed by atoms with E-state index < -0.39 is 0 Å². The lowest BCUT2D eigenvalue weighted by Gasteiger charge is -2.04. The standard InChI is InChI=1S/C12H8BrN5S/c13-9-5-10(14)18-12(17-9)19-11-7-3-1-2-4-8(7)15-6-16-11/h1-6H,(H2,14,17,18). The Morgan fingerprint density at radius 3 is 2.79 bits per heavy atom. The topological polar surface area (TPSA) is 77.6 Å². The second-order valence-corrected chi connectivity index (χ2v) is 5.46. The lowest BCUT2D eigenvalue weighted by atomic mass is 10.2. The molecule has 3 aromatic rings. The van der Waals surface area contributed by atoms with Crippen molar-refractivity contribution in [3.8, 4) is 0 Å². The van der Waals surface area contributed by atoms with Gasteiger partial charge in [-0.2, -0.15) is 0 Å². The van der Waals surface area contributed by atoms with Gasteiger partial charge in [0, 0.05) is 11.5 Å².